The van der Waals surface area contributed by atoms with Crippen LogP contribution in [0.2, 0.25) is 0 Å². The normalized spacial score (nSPS) is 14.8. The summed E-state index contributed by atoms with van der Waals surface area (Å²) in [7, 11) is 0. The van der Waals surface area contributed by atoms with Crippen LogP contribution in [0.1, 0.15) is 12.5 Å². The molecule has 3 heterocycles. The third-order valence-electron chi connectivity index (χ3n) is 5.12. The smallest absolute Gasteiger partial charge is 0.330 e. The second kappa shape index (κ2) is 9.50. The number of aryl methyl sites for hydroxylation is 1. The lowest BCUT2D eigenvalue weighted by molar-refractivity contribution is -0.160. The number of benzene rings is 1. The molecule has 1 aromatic carbocycles. The lowest BCUT2D eigenvalue weighted by atomic mass is 10.1. The van der Waals surface area contributed by atoms with Crippen molar-refractivity contribution in [2.45, 2.75) is 26.5 Å². The monoisotopic (exact) mass is 436 g/mol. The Morgan fingerprint density at radius 3 is 2.44 bits per heavy atom. The molecule has 1 amide bonds. The van der Waals surface area contributed by atoms with E-state index in [9.17, 15) is 9.59 Å². The number of carbonyl (C=O) groups is 2. The standard InChI is InChI=1S/C21H24N8O3/c1-15-4-6-17(7-5-15)19-24-26-29(25-19)14-18(30)32-16(2)20(31)27-10-12-28(13-11-27)21-22-8-3-9-23-21/h3-9,16H,10-14H2,1-2H3. The molecule has 32 heavy (non-hydrogen) atoms. The number of amides is 1. The first kappa shape index (κ1) is 21.3. The number of tetrazole rings is 1. The summed E-state index contributed by atoms with van der Waals surface area (Å²) < 4.78 is 5.31. The largest absolute Gasteiger partial charge is 0.451 e. The molecular weight excluding hydrogens is 412 g/mol. The maximum absolute atomic E-state index is 12.7. The molecule has 11 nitrogen and oxygen atoms in total. The zero-order valence-electron chi connectivity index (χ0n) is 18.0. The van der Waals surface area contributed by atoms with Crippen LogP contribution in [0.25, 0.3) is 11.4 Å². The zero-order chi connectivity index (χ0) is 22.5. The van der Waals surface area contributed by atoms with E-state index in [4.69, 9.17) is 4.74 Å². The molecule has 1 atom stereocenters. The van der Waals surface area contributed by atoms with Gasteiger partial charge in [0.15, 0.2) is 12.6 Å². The summed E-state index contributed by atoms with van der Waals surface area (Å²) in [5, 5.41) is 12.1. The van der Waals surface area contributed by atoms with E-state index in [0.717, 1.165) is 15.9 Å². The topological polar surface area (TPSA) is 119 Å². The molecule has 1 aliphatic rings. The number of rotatable bonds is 6. The molecule has 1 unspecified atom stereocenters. The first-order valence-corrected chi connectivity index (χ1v) is 10.3. The van der Waals surface area contributed by atoms with Crippen LogP contribution >= 0.6 is 0 Å². The molecule has 2 aromatic heterocycles. The number of ether oxygens (including phenoxy) is 1. The molecule has 0 radical (unpaired) electrons. The van der Waals surface area contributed by atoms with Gasteiger partial charge in [-0.25, -0.2) is 14.8 Å². The Bertz CT molecular complexity index is 1060. The molecule has 0 aliphatic carbocycles. The number of esters is 1. The third kappa shape index (κ3) is 5.05. The first-order valence-electron chi connectivity index (χ1n) is 10.3. The Morgan fingerprint density at radius 2 is 1.75 bits per heavy atom. The highest BCUT2D eigenvalue weighted by molar-refractivity contribution is 5.83. The maximum Gasteiger partial charge on any atom is 0.330 e. The van der Waals surface area contributed by atoms with E-state index in [1.807, 2.05) is 36.1 Å². The van der Waals surface area contributed by atoms with Crippen LogP contribution < -0.4 is 4.90 Å². The van der Waals surface area contributed by atoms with Crippen LogP contribution in [0.15, 0.2) is 42.7 Å². The minimum absolute atomic E-state index is 0.227. The molecule has 0 bridgehead atoms. The number of piperazine rings is 1. The summed E-state index contributed by atoms with van der Waals surface area (Å²) in [6.07, 6.45) is 2.48. The average molecular weight is 436 g/mol. The predicted octanol–water partition coefficient (Wildman–Crippen LogP) is 0.719. The summed E-state index contributed by atoms with van der Waals surface area (Å²) in [5.74, 6) is 0.223. The van der Waals surface area contributed by atoms with Gasteiger partial charge in [0.05, 0.1) is 0 Å². The molecule has 1 fully saturated rings. The number of aromatic nitrogens is 6. The molecule has 0 saturated carbocycles. The van der Waals surface area contributed by atoms with Crippen molar-refractivity contribution in [1.82, 2.24) is 35.1 Å². The molecule has 3 aromatic rings. The van der Waals surface area contributed by atoms with Crippen molar-refractivity contribution >= 4 is 17.8 Å². The van der Waals surface area contributed by atoms with E-state index >= 15 is 0 Å². The van der Waals surface area contributed by atoms with Crippen molar-refractivity contribution in [2.75, 3.05) is 31.1 Å². The second-order valence-corrected chi connectivity index (χ2v) is 7.50. The lowest BCUT2D eigenvalue weighted by Crippen LogP contribution is -2.52. The third-order valence-corrected chi connectivity index (χ3v) is 5.12. The molecule has 0 N–H and O–H groups in total. The lowest BCUT2D eigenvalue weighted by Gasteiger charge is -2.35. The van der Waals surface area contributed by atoms with Crippen molar-refractivity contribution in [3.05, 3.63) is 48.3 Å². The van der Waals surface area contributed by atoms with Crippen LogP contribution in [0, 0.1) is 6.92 Å². The highest BCUT2D eigenvalue weighted by Crippen LogP contribution is 2.14. The van der Waals surface area contributed by atoms with E-state index in [-0.39, 0.29) is 12.5 Å². The summed E-state index contributed by atoms with van der Waals surface area (Å²) in [4.78, 5) is 38.3. The van der Waals surface area contributed by atoms with Gasteiger partial charge in [-0.15, -0.1) is 10.2 Å². The molecular formula is C21H24N8O3. The van der Waals surface area contributed by atoms with E-state index < -0.39 is 12.1 Å². The van der Waals surface area contributed by atoms with Crippen LogP contribution in [-0.2, 0) is 20.9 Å². The number of anilines is 1. The Labute approximate surface area is 185 Å². The maximum atomic E-state index is 12.7. The van der Waals surface area contributed by atoms with Crippen LogP contribution in [0.5, 0.6) is 0 Å². The Morgan fingerprint density at radius 1 is 1.06 bits per heavy atom. The van der Waals surface area contributed by atoms with Gasteiger partial charge < -0.3 is 14.5 Å². The van der Waals surface area contributed by atoms with Gasteiger partial charge in [-0.05, 0) is 25.1 Å². The number of carbonyl (C=O) groups excluding carboxylic acids is 2. The molecule has 1 saturated heterocycles. The SMILES string of the molecule is Cc1ccc(-c2nnn(CC(=O)OC(C)C(=O)N3CCN(c4ncccn4)CC3)n2)cc1. The minimum atomic E-state index is -0.901. The number of nitrogens with zero attached hydrogens (tertiary/aromatic N) is 8. The van der Waals surface area contributed by atoms with Crippen LogP contribution in [0.4, 0.5) is 5.95 Å². The van der Waals surface area contributed by atoms with E-state index in [1.54, 1.807) is 30.3 Å². The molecule has 11 heteroatoms. The summed E-state index contributed by atoms with van der Waals surface area (Å²) in [6.45, 7) is 5.56. The van der Waals surface area contributed by atoms with Crippen molar-refractivity contribution in [2.24, 2.45) is 0 Å². The highest BCUT2D eigenvalue weighted by atomic mass is 16.5. The van der Waals surface area contributed by atoms with E-state index in [2.05, 4.69) is 25.4 Å². The molecule has 1 aliphatic heterocycles. The average Bonchev–Trinajstić information content (AvgIpc) is 3.28. The van der Waals surface area contributed by atoms with Gasteiger partial charge in [0.1, 0.15) is 0 Å². The number of hydrogen-bond donors (Lipinski definition) is 0. The Hall–Kier alpha value is -3.89. The van der Waals surface area contributed by atoms with Crippen molar-refractivity contribution in [1.29, 1.82) is 0 Å². The first-order chi connectivity index (χ1) is 15.5. The highest BCUT2D eigenvalue weighted by Gasteiger charge is 2.28. The predicted molar refractivity (Wildman–Crippen MR) is 114 cm³/mol. The van der Waals surface area contributed by atoms with Gasteiger partial charge in [-0.1, -0.05) is 29.8 Å². The fourth-order valence-electron chi connectivity index (χ4n) is 3.37. The fourth-order valence-corrected chi connectivity index (χ4v) is 3.37. The van der Waals surface area contributed by atoms with Gasteiger partial charge in [-0.3, -0.25) is 4.79 Å². The van der Waals surface area contributed by atoms with Gasteiger partial charge in [0.25, 0.3) is 5.91 Å². The molecule has 4 rings (SSSR count). The van der Waals surface area contributed by atoms with E-state index in [0.29, 0.717) is 38.0 Å². The van der Waals surface area contributed by atoms with Gasteiger partial charge in [0.2, 0.25) is 11.8 Å². The van der Waals surface area contributed by atoms with Crippen LogP contribution in [-0.4, -0.2) is 79.2 Å². The summed E-state index contributed by atoms with van der Waals surface area (Å²) in [5.41, 5.74) is 1.93. The Balaban J connectivity index is 1.26. The zero-order valence-corrected chi connectivity index (χ0v) is 18.0. The van der Waals surface area contributed by atoms with Crippen molar-refractivity contribution in [3.8, 4) is 11.4 Å². The fraction of sp³-hybridized carbons (Fsp3) is 0.381. The summed E-state index contributed by atoms with van der Waals surface area (Å²) in [6, 6.07) is 9.44. The number of hydrogen-bond acceptors (Lipinski definition) is 9. The molecule has 166 valence electrons. The van der Waals surface area contributed by atoms with Gasteiger partial charge in [-0.2, -0.15) is 4.80 Å². The van der Waals surface area contributed by atoms with E-state index in [1.165, 1.54) is 0 Å². The Kier molecular flexibility index (Phi) is 6.34. The summed E-state index contributed by atoms with van der Waals surface area (Å²) >= 11 is 0. The van der Waals surface area contributed by atoms with Crippen molar-refractivity contribution < 1.29 is 14.3 Å². The van der Waals surface area contributed by atoms with Crippen LogP contribution in [0.3, 0.4) is 0 Å². The van der Waals surface area contributed by atoms with Crippen molar-refractivity contribution in [3.63, 3.8) is 0 Å². The van der Waals surface area contributed by atoms with Gasteiger partial charge in [0, 0.05) is 44.1 Å². The second-order valence-electron chi connectivity index (χ2n) is 7.50. The van der Waals surface area contributed by atoms with Gasteiger partial charge >= 0.3 is 5.97 Å². The minimum Gasteiger partial charge on any atom is -0.451 e. The quantitative estimate of drug-likeness (QED) is 0.515. The molecule has 0 spiro atoms.